The molecule has 0 bridgehead atoms. The predicted octanol–water partition coefficient (Wildman–Crippen LogP) is 2.68. The van der Waals surface area contributed by atoms with E-state index in [2.05, 4.69) is 15.0 Å². The van der Waals surface area contributed by atoms with E-state index in [0.29, 0.717) is 27.3 Å². The van der Waals surface area contributed by atoms with Crippen LogP contribution in [0.5, 0.6) is 0 Å². The molecule has 0 aliphatic heterocycles. The van der Waals surface area contributed by atoms with E-state index in [9.17, 15) is 18.0 Å². The van der Waals surface area contributed by atoms with Gasteiger partial charge in [-0.15, -0.1) is 0 Å². The summed E-state index contributed by atoms with van der Waals surface area (Å²) in [5.74, 6) is -0.272. The first kappa shape index (κ1) is 21.5. The number of benzene rings is 2. The van der Waals surface area contributed by atoms with Gasteiger partial charge in [-0.2, -0.15) is 0 Å². The molecule has 10 heteroatoms. The van der Waals surface area contributed by atoms with Crippen LogP contribution in [-0.2, 0) is 14.8 Å². The third-order valence-electron chi connectivity index (χ3n) is 5.05. The van der Waals surface area contributed by atoms with Gasteiger partial charge in [0.1, 0.15) is 0 Å². The molecule has 3 aromatic rings. The number of fused-ring (bicyclic) bond motifs is 1. The minimum atomic E-state index is -3.63. The van der Waals surface area contributed by atoms with Crippen LogP contribution in [0.3, 0.4) is 0 Å². The molecule has 0 atom stereocenters. The van der Waals surface area contributed by atoms with E-state index >= 15 is 0 Å². The molecule has 1 aliphatic carbocycles. The van der Waals surface area contributed by atoms with Crippen molar-refractivity contribution in [1.29, 1.82) is 0 Å². The van der Waals surface area contributed by atoms with Gasteiger partial charge in [-0.05, 0) is 56.6 Å². The van der Waals surface area contributed by atoms with Crippen molar-refractivity contribution in [3.05, 3.63) is 58.4 Å². The molecule has 2 aromatic carbocycles. The lowest BCUT2D eigenvalue weighted by molar-refractivity contribution is -0.113. The maximum atomic E-state index is 12.9. The van der Waals surface area contributed by atoms with Crippen LogP contribution in [-0.4, -0.2) is 36.7 Å². The Labute approximate surface area is 184 Å². The summed E-state index contributed by atoms with van der Waals surface area (Å²) >= 11 is 1.20. The van der Waals surface area contributed by atoms with Crippen LogP contribution in [0.15, 0.2) is 57.3 Å². The number of amides is 1. The van der Waals surface area contributed by atoms with Crippen molar-refractivity contribution in [2.24, 2.45) is 0 Å². The zero-order valence-corrected chi connectivity index (χ0v) is 18.7. The Morgan fingerprint density at radius 2 is 1.97 bits per heavy atom. The largest absolute Gasteiger partial charge is 0.325 e. The minimum Gasteiger partial charge on any atom is -0.325 e. The maximum Gasteiger partial charge on any atom is 0.262 e. The molecule has 2 N–H and O–H groups in total. The highest BCUT2D eigenvalue weighted by molar-refractivity contribution is 7.99. The van der Waals surface area contributed by atoms with Gasteiger partial charge < -0.3 is 5.32 Å². The predicted molar refractivity (Wildman–Crippen MR) is 121 cm³/mol. The van der Waals surface area contributed by atoms with Crippen LogP contribution in [0, 0.1) is 6.92 Å². The van der Waals surface area contributed by atoms with Gasteiger partial charge in [0.25, 0.3) is 5.56 Å². The van der Waals surface area contributed by atoms with Crippen molar-refractivity contribution in [1.82, 2.24) is 14.3 Å². The topological polar surface area (TPSA) is 110 Å². The molecule has 1 aliphatic rings. The number of aryl methyl sites for hydroxylation is 1. The number of carbonyl (C=O) groups excluding carboxylic acids is 1. The zero-order valence-electron chi connectivity index (χ0n) is 17.1. The number of nitrogens with one attached hydrogen (secondary N) is 2. The molecule has 0 unspecified atom stereocenters. The summed E-state index contributed by atoms with van der Waals surface area (Å²) in [5, 5.41) is 3.81. The van der Waals surface area contributed by atoms with E-state index < -0.39 is 10.0 Å². The van der Waals surface area contributed by atoms with Crippen molar-refractivity contribution < 1.29 is 13.2 Å². The monoisotopic (exact) mass is 458 g/mol. The molecule has 1 amide bonds. The molecular weight excluding hydrogens is 436 g/mol. The average molecular weight is 459 g/mol. The molecule has 0 radical (unpaired) electrons. The molecule has 31 heavy (non-hydrogen) atoms. The highest BCUT2D eigenvalue weighted by Gasteiger charge is 2.28. The molecule has 1 aromatic heterocycles. The first-order valence-electron chi connectivity index (χ1n) is 9.78. The second-order valence-corrected chi connectivity index (χ2v) is 10.1. The fourth-order valence-electron chi connectivity index (χ4n) is 3.29. The molecule has 1 saturated carbocycles. The summed E-state index contributed by atoms with van der Waals surface area (Å²) in [6.45, 7) is 1.69. The smallest absolute Gasteiger partial charge is 0.262 e. The molecule has 0 spiro atoms. The number of sulfonamides is 1. The van der Waals surface area contributed by atoms with Crippen LogP contribution in [0.25, 0.3) is 10.9 Å². The van der Waals surface area contributed by atoms with E-state index in [4.69, 9.17) is 0 Å². The van der Waals surface area contributed by atoms with E-state index in [1.165, 1.54) is 24.9 Å². The van der Waals surface area contributed by atoms with Crippen LogP contribution in [0.2, 0.25) is 0 Å². The van der Waals surface area contributed by atoms with E-state index in [1.807, 2.05) is 12.1 Å². The standard InChI is InChI=1S/C21H22N4O4S2/c1-13-7-8-14(11-18(13)31(28,29)22-2)23-19(26)12-30-21-24-17-6-4-3-5-16(17)20(27)25(21)15-9-10-15/h3-8,11,15,22H,9-10,12H2,1-2H3,(H,23,26). The minimum absolute atomic E-state index is 0.0412. The van der Waals surface area contributed by atoms with Crippen molar-refractivity contribution in [3.63, 3.8) is 0 Å². The van der Waals surface area contributed by atoms with E-state index in [1.54, 1.807) is 35.8 Å². The van der Waals surface area contributed by atoms with Crippen molar-refractivity contribution in [2.45, 2.75) is 35.9 Å². The van der Waals surface area contributed by atoms with Gasteiger partial charge in [0.15, 0.2) is 5.16 Å². The molecule has 4 rings (SSSR count). The number of rotatable bonds is 7. The normalized spacial score (nSPS) is 14.0. The molecular formula is C21H22N4O4S2. The van der Waals surface area contributed by atoms with Crippen LogP contribution >= 0.6 is 11.8 Å². The van der Waals surface area contributed by atoms with Crippen molar-refractivity contribution in [2.75, 3.05) is 18.1 Å². The second kappa shape index (κ2) is 8.45. The van der Waals surface area contributed by atoms with Crippen molar-refractivity contribution >= 4 is 44.3 Å². The summed E-state index contributed by atoms with van der Waals surface area (Å²) in [7, 11) is -2.29. The lowest BCUT2D eigenvalue weighted by Gasteiger charge is -2.13. The highest BCUT2D eigenvalue weighted by atomic mass is 32.2. The Hall–Kier alpha value is -2.69. The molecule has 8 nitrogen and oxygen atoms in total. The Morgan fingerprint density at radius 3 is 2.68 bits per heavy atom. The Bertz CT molecular complexity index is 1330. The Balaban J connectivity index is 1.54. The number of aromatic nitrogens is 2. The molecule has 1 heterocycles. The van der Waals surface area contributed by atoms with Crippen LogP contribution in [0.1, 0.15) is 24.4 Å². The van der Waals surface area contributed by atoms with Gasteiger partial charge >= 0.3 is 0 Å². The van der Waals surface area contributed by atoms with Gasteiger partial charge in [0.05, 0.1) is 21.6 Å². The number of anilines is 1. The lowest BCUT2D eigenvalue weighted by atomic mass is 10.2. The van der Waals surface area contributed by atoms with Gasteiger partial charge in [0.2, 0.25) is 15.9 Å². The SMILES string of the molecule is CNS(=O)(=O)c1cc(NC(=O)CSc2nc3ccccc3c(=O)n2C2CC2)ccc1C. The number of thioether (sulfide) groups is 1. The Morgan fingerprint density at radius 1 is 1.23 bits per heavy atom. The Kier molecular flexibility index (Phi) is 5.87. The molecule has 0 saturated heterocycles. The number of nitrogens with zero attached hydrogens (tertiary/aromatic N) is 2. The van der Waals surface area contributed by atoms with E-state index in [0.717, 1.165) is 12.8 Å². The molecule has 162 valence electrons. The fourth-order valence-corrected chi connectivity index (χ4v) is 5.15. The van der Waals surface area contributed by atoms with Crippen molar-refractivity contribution in [3.8, 4) is 0 Å². The third kappa shape index (κ3) is 4.51. The summed E-state index contributed by atoms with van der Waals surface area (Å²) in [6.07, 6.45) is 1.84. The summed E-state index contributed by atoms with van der Waals surface area (Å²) in [6, 6.07) is 12.0. The first-order chi connectivity index (χ1) is 14.8. The quantitative estimate of drug-likeness (QED) is 0.416. The fraction of sp³-hybridized carbons (Fsp3) is 0.286. The second-order valence-electron chi connectivity index (χ2n) is 7.34. The summed E-state index contributed by atoms with van der Waals surface area (Å²) in [5.41, 5.74) is 1.48. The first-order valence-corrected chi connectivity index (χ1v) is 12.2. The van der Waals surface area contributed by atoms with Gasteiger partial charge in [-0.25, -0.2) is 18.1 Å². The number of hydrogen-bond acceptors (Lipinski definition) is 6. The summed E-state index contributed by atoms with van der Waals surface area (Å²) in [4.78, 5) is 30.2. The van der Waals surface area contributed by atoms with Gasteiger partial charge in [0, 0.05) is 11.7 Å². The van der Waals surface area contributed by atoms with Gasteiger partial charge in [-0.3, -0.25) is 14.2 Å². The zero-order chi connectivity index (χ0) is 22.2. The average Bonchev–Trinajstić information content (AvgIpc) is 3.58. The van der Waals surface area contributed by atoms with Gasteiger partial charge in [-0.1, -0.05) is 30.0 Å². The highest BCUT2D eigenvalue weighted by Crippen LogP contribution is 2.36. The number of hydrogen-bond donors (Lipinski definition) is 2. The van der Waals surface area contributed by atoms with Crippen LogP contribution in [0.4, 0.5) is 5.69 Å². The maximum absolute atomic E-state index is 12.9. The molecule has 1 fully saturated rings. The number of para-hydroxylation sites is 1. The van der Waals surface area contributed by atoms with E-state index in [-0.39, 0.29) is 28.2 Å². The third-order valence-corrected chi connectivity index (χ3v) is 7.56. The lowest BCUT2D eigenvalue weighted by Crippen LogP contribution is -2.23. The van der Waals surface area contributed by atoms with Crippen LogP contribution < -0.4 is 15.6 Å². The number of carbonyl (C=O) groups is 1. The summed E-state index contributed by atoms with van der Waals surface area (Å²) < 4.78 is 28.3.